The van der Waals surface area contributed by atoms with E-state index in [0.717, 1.165) is 16.7 Å². The second-order valence-electron chi connectivity index (χ2n) is 8.46. The van der Waals surface area contributed by atoms with Crippen molar-refractivity contribution in [1.82, 2.24) is 0 Å². The molecule has 1 fully saturated rings. The summed E-state index contributed by atoms with van der Waals surface area (Å²) in [5.74, 6) is -0.978. The molecule has 2 N–H and O–H groups in total. The second-order valence-corrected chi connectivity index (χ2v) is 8.46. The molecule has 1 aliphatic heterocycles. The Kier molecular flexibility index (Phi) is 6.16. The predicted molar refractivity (Wildman–Crippen MR) is 131 cm³/mol. The summed E-state index contributed by atoms with van der Waals surface area (Å²) in [5.41, 5.74) is 4.19. The number of rotatable bonds is 5. The number of aryl methyl sites for hydroxylation is 3. The molecular weight excluding hydrogens is 430 g/mol. The maximum Gasteiger partial charge on any atom is 0.300 e. The van der Waals surface area contributed by atoms with Gasteiger partial charge in [-0.1, -0.05) is 24.3 Å². The van der Waals surface area contributed by atoms with Crippen LogP contribution in [0.2, 0.25) is 0 Å². The van der Waals surface area contributed by atoms with Crippen molar-refractivity contribution in [3.05, 3.63) is 94.1 Å². The van der Waals surface area contributed by atoms with Crippen molar-refractivity contribution >= 4 is 23.1 Å². The molecule has 3 aromatic rings. The van der Waals surface area contributed by atoms with Crippen LogP contribution in [0, 0.1) is 20.8 Å². The van der Waals surface area contributed by atoms with Crippen LogP contribution in [0.5, 0.6) is 11.5 Å². The Morgan fingerprint density at radius 1 is 0.941 bits per heavy atom. The number of aromatic hydroxyl groups is 1. The lowest BCUT2D eigenvalue weighted by Gasteiger charge is -2.27. The molecule has 0 aromatic heterocycles. The number of ether oxygens (including phenoxy) is 1. The molecule has 0 radical (unpaired) electrons. The molecule has 0 spiro atoms. The predicted octanol–water partition coefficient (Wildman–Crippen LogP) is 5.34. The Bertz CT molecular complexity index is 1310. The molecule has 174 valence electrons. The van der Waals surface area contributed by atoms with Crippen LogP contribution in [0.4, 0.5) is 5.69 Å². The van der Waals surface area contributed by atoms with Gasteiger partial charge in [-0.25, -0.2) is 0 Å². The average molecular weight is 458 g/mol. The number of carbonyl (C=O) groups is 2. The number of carbonyl (C=O) groups excluding carboxylic acids is 2. The Labute approximate surface area is 198 Å². The summed E-state index contributed by atoms with van der Waals surface area (Å²) < 4.78 is 5.59. The molecule has 1 amide bonds. The number of Topliss-reactive ketones (excluding diaryl/α,β-unsaturated/α-hetero) is 1. The van der Waals surface area contributed by atoms with E-state index in [2.05, 4.69) is 0 Å². The standard InChI is InChI=1S/C28H27NO5/c1-5-34-23-13-10-20(15-18(23)4)26(31)24-25(19-8-11-21(30)12-9-19)29(28(33)27(24)32)22-14-16(2)6-7-17(22)3/h6-15,25,30-31H,5H2,1-4H3/b26-24-. The van der Waals surface area contributed by atoms with Crippen LogP contribution in [0.1, 0.15) is 40.8 Å². The molecule has 1 aliphatic rings. The number of amides is 1. The summed E-state index contributed by atoms with van der Waals surface area (Å²) in [5, 5.41) is 21.1. The van der Waals surface area contributed by atoms with Crippen molar-refractivity contribution < 1.29 is 24.5 Å². The van der Waals surface area contributed by atoms with Gasteiger partial charge in [-0.3, -0.25) is 14.5 Å². The Balaban J connectivity index is 1.94. The van der Waals surface area contributed by atoms with E-state index in [1.807, 2.05) is 45.9 Å². The van der Waals surface area contributed by atoms with Crippen molar-refractivity contribution in [2.24, 2.45) is 0 Å². The third-order valence-corrected chi connectivity index (χ3v) is 6.03. The summed E-state index contributed by atoms with van der Waals surface area (Å²) in [7, 11) is 0. The smallest absolute Gasteiger partial charge is 0.300 e. The third-order valence-electron chi connectivity index (χ3n) is 6.03. The van der Waals surface area contributed by atoms with E-state index >= 15 is 0 Å². The quantitative estimate of drug-likeness (QED) is 0.307. The van der Waals surface area contributed by atoms with E-state index in [-0.39, 0.29) is 17.1 Å². The van der Waals surface area contributed by atoms with E-state index in [1.54, 1.807) is 30.3 Å². The summed E-state index contributed by atoms with van der Waals surface area (Å²) >= 11 is 0. The van der Waals surface area contributed by atoms with Crippen molar-refractivity contribution in [2.75, 3.05) is 11.5 Å². The van der Waals surface area contributed by atoms with Crippen molar-refractivity contribution in [3.63, 3.8) is 0 Å². The monoisotopic (exact) mass is 457 g/mol. The fourth-order valence-corrected chi connectivity index (χ4v) is 4.30. The van der Waals surface area contributed by atoms with Crippen LogP contribution >= 0.6 is 0 Å². The van der Waals surface area contributed by atoms with Crippen LogP contribution in [0.3, 0.4) is 0 Å². The topological polar surface area (TPSA) is 87.1 Å². The minimum atomic E-state index is -0.854. The van der Waals surface area contributed by atoms with Gasteiger partial charge >= 0.3 is 0 Å². The van der Waals surface area contributed by atoms with Gasteiger partial charge in [0.25, 0.3) is 11.7 Å². The van der Waals surface area contributed by atoms with E-state index in [4.69, 9.17) is 4.74 Å². The molecule has 6 heteroatoms. The van der Waals surface area contributed by atoms with E-state index in [1.165, 1.54) is 17.0 Å². The van der Waals surface area contributed by atoms with Gasteiger partial charge in [0.05, 0.1) is 18.2 Å². The van der Waals surface area contributed by atoms with Gasteiger partial charge < -0.3 is 14.9 Å². The molecule has 0 saturated carbocycles. The van der Waals surface area contributed by atoms with Gasteiger partial charge in [0.1, 0.15) is 17.3 Å². The molecule has 6 nitrogen and oxygen atoms in total. The first kappa shape index (κ1) is 23.1. The minimum Gasteiger partial charge on any atom is -0.508 e. The van der Waals surface area contributed by atoms with Gasteiger partial charge in [0.15, 0.2) is 0 Å². The number of anilines is 1. The summed E-state index contributed by atoms with van der Waals surface area (Å²) in [6.07, 6.45) is 0. The number of phenols is 1. The van der Waals surface area contributed by atoms with Gasteiger partial charge in [0.2, 0.25) is 0 Å². The lowest BCUT2D eigenvalue weighted by atomic mass is 9.94. The first-order chi connectivity index (χ1) is 16.2. The molecule has 1 heterocycles. The molecule has 1 unspecified atom stereocenters. The second kappa shape index (κ2) is 9.06. The summed E-state index contributed by atoms with van der Waals surface area (Å²) in [6, 6.07) is 16.3. The molecule has 0 bridgehead atoms. The van der Waals surface area contributed by atoms with Gasteiger partial charge in [-0.2, -0.15) is 0 Å². The Morgan fingerprint density at radius 3 is 2.29 bits per heavy atom. The summed E-state index contributed by atoms with van der Waals surface area (Å²) in [4.78, 5) is 28.1. The first-order valence-electron chi connectivity index (χ1n) is 11.1. The maximum absolute atomic E-state index is 13.3. The number of hydrogen-bond donors (Lipinski definition) is 2. The van der Waals surface area contributed by atoms with Crippen molar-refractivity contribution in [1.29, 1.82) is 0 Å². The molecule has 1 atom stereocenters. The first-order valence-corrected chi connectivity index (χ1v) is 11.1. The number of aliphatic hydroxyl groups is 1. The molecule has 0 aliphatic carbocycles. The number of phenolic OH excluding ortho intramolecular Hbond substituents is 1. The van der Waals surface area contributed by atoms with Crippen molar-refractivity contribution in [2.45, 2.75) is 33.7 Å². The van der Waals surface area contributed by atoms with Crippen LogP contribution in [0.25, 0.3) is 5.76 Å². The SMILES string of the molecule is CCOc1ccc(/C(O)=C2/C(=O)C(=O)N(c3cc(C)ccc3C)C2c2ccc(O)cc2)cc1C. The fraction of sp³-hybridized carbons (Fsp3) is 0.214. The van der Waals surface area contributed by atoms with E-state index in [9.17, 15) is 19.8 Å². The van der Waals surface area contributed by atoms with E-state index in [0.29, 0.717) is 29.2 Å². The van der Waals surface area contributed by atoms with Crippen LogP contribution in [0.15, 0.2) is 66.2 Å². The number of nitrogens with zero attached hydrogens (tertiary/aromatic N) is 1. The highest BCUT2D eigenvalue weighted by Crippen LogP contribution is 2.43. The van der Waals surface area contributed by atoms with Gasteiger partial charge in [-0.15, -0.1) is 0 Å². The fourth-order valence-electron chi connectivity index (χ4n) is 4.30. The third kappa shape index (κ3) is 4.03. The number of ketones is 1. The highest BCUT2D eigenvalue weighted by Gasteiger charge is 2.47. The highest BCUT2D eigenvalue weighted by molar-refractivity contribution is 6.51. The van der Waals surface area contributed by atoms with Crippen LogP contribution in [-0.2, 0) is 9.59 Å². The highest BCUT2D eigenvalue weighted by atomic mass is 16.5. The van der Waals surface area contributed by atoms with Gasteiger partial charge in [0, 0.05) is 11.3 Å². The minimum absolute atomic E-state index is 0.000144. The zero-order chi connectivity index (χ0) is 24.6. The molecular formula is C28H27NO5. The largest absolute Gasteiger partial charge is 0.508 e. The van der Waals surface area contributed by atoms with Gasteiger partial charge in [-0.05, 0) is 86.3 Å². The Morgan fingerprint density at radius 2 is 1.65 bits per heavy atom. The molecule has 34 heavy (non-hydrogen) atoms. The van der Waals surface area contributed by atoms with Crippen molar-refractivity contribution in [3.8, 4) is 11.5 Å². The molecule has 3 aromatic carbocycles. The molecule has 1 saturated heterocycles. The number of aliphatic hydroxyl groups excluding tert-OH is 1. The normalized spacial score (nSPS) is 17.3. The van der Waals surface area contributed by atoms with E-state index < -0.39 is 17.7 Å². The number of benzene rings is 3. The maximum atomic E-state index is 13.3. The lowest BCUT2D eigenvalue weighted by Crippen LogP contribution is -2.30. The Hall–Kier alpha value is -4.06. The zero-order valence-electron chi connectivity index (χ0n) is 19.6. The number of hydrogen-bond acceptors (Lipinski definition) is 5. The zero-order valence-corrected chi connectivity index (χ0v) is 19.6. The molecule has 4 rings (SSSR count). The van der Waals surface area contributed by atoms with Crippen LogP contribution in [-0.4, -0.2) is 28.5 Å². The van der Waals surface area contributed by atoms with Crippen LogP contribution < -0.4 is 9.64 Å². The average Bonchev–Trinajstić information content (AvgIpc) is 3.07. The summed E-state index contributed by atoms with van der Waals surface area (Å²) in [6.45, 7) is 8.04. The lowest BCUT2D eigenvalue weighted by molar-refractivity contribution is -0.132.